The second kappa shape index (κ2) is 5.08. The molecule has 1 aromatic heterocycles. The molecule has 0 N–H and O–H groups in total. The lowest BCUT2D eigenvalue weighted by atomic mass is 10.1. The average molecular weight is 269 g/mol. The van der Waals surface area contributed by atoms with Gasteiger partial charge in [0.1, 0.15) is 5.15 Å². The lowest BCUT2D eigenvalue weighted by Crippen LogP contribution is -2.20. The van der Waals surface area contributed by atoms with Crippen LogP contribution < -0.4 is 4.74 Å². The van der Waals surface area contributed by atoms with Gasteiger partial charge in [-0.25, -0.2) is 4.98 Å². The molecule has 1 unspecified atom stereocenters. The lowest BCUT2D eigenvalue weighted by molar-refractivity contribution is -0.145. The van der Waals surface area contributed by atoms with Gasteiger partial charge in [0.05, 0.1) is 6.10 Å². The molecule has 1 rings (SSSR count). The molecule has 0 bridgehead atoms. The minimum Gasteiger partial charge on any atom is -0.474 e. The Labute approximate surface area is 102 Å². The Morgan fingerprint density at radius 1 is 1.24 bits per heavy atom. The highest BCUT2D eigenvalue weighted by molar-refractivity contribution is 6.29. The number of rotatable bonds is 3. The van der Waals surface area contributed by atoms with E-state index in [2.05, 4.69) is 9.97 Å². The molecule has 0 aliphatic heterocycles. The minimum atomic E-state index is -4.63. The summed E-state index contributed by atoms with van der Waals surface area (Å²) in [5.74, 6) is -1.31. The highest BCUT2D eigenvalue weighted by Gasteiger charge is 2.35. The first-order chi connectivity index (χ1) is 7.70. The maximum atomic E-state index is 12.4. The van der Waals surface area contributed by atoms with Crippen LogP contribution in [0.5, 0.6) is 5.88 Å². The van der Waals surface area contributed by atoms with Crippen LogP contribution in [-0.2, 0) is 6.18 Å². The molecule has 1 aromatic rings. The van der Waals surface area contributed by atoms with Crippen LogP contribution in [0.4, 0.5) is 13.2 Å². The van der Waals surface area contributed by atoms with E-state index in [0.29, 0.717) is 0 Å². The van der Waals surface area contributed by atoms with E-state index in [9.17, 15) is 13.2 Å². The Balaban J connectivity index is 2.98. The maximum absolute atomic E-state index is 12.4. The summed E-state index contributed by atoms with van der Waals surface area (Å²) in [5.41, 5.74) is 0. The van der Waals surface area contributed by atoms with Crippen LogP contribution in [0.15, 0.2) is 6.07 Å². The molecule has 17 heavy (non-hydrogen) atoms. The summed E-state index contributed by atoms with van der Waals surface area (Å²) in [7, 11) is 0. The average Bonchev–Trinajstić information content (AvgIpc) is 2.15. The van der Waals surface area contributed by atoms with Crippen LogP contribution >= 0.6 is 11.6 Å². The van der Waals surface area contributed by atoms with Gasteiger partial charge in [-0.1, -0.05) is 25.4 Å². The largest absolute Gasteiger partial charge is 0.474 e. The van der Waals surface area contributed by atoms with Crippen molar-refractivity contribution >= 4 is 11.6 Å². The molecule has 3 nitrogen and oxygen atoms in total. The molecule has 0 saturated heterocycles. The molecule has 1 atom stereocenters. The van der Waals surface area contributed by atoms with E-state index in [1.54, 1.807) is 6.92 Å². The zero-order chi connectivity index (χ0) is 13.2. The van der Waals surface area contributed by atoms with Crippen molar-refractivity contribution in [3.63, 3.8) is 0 Å². The zero-order valence-electron chi connectivity index (χ0n) is 9.55. The molecule has 0 fully saturated rings. The molecular weight excluding hydrogens is 257 g/mol. The SMILES string of the molecule is CC(C)C(C)Oc1cc(Cl)nc(C(F)(F)F)n1. The van der Waals surface area contributed by atoms with E-state index >= 15 is 0 Å². The fraction of sp³-hybridized carbons (Fsp3) is 0.600. The molecule has 0 radical (unpaired) electrons. The van der Waals surface area contributed by atoms with Crippen molar-refractivity contribution in [3.05, 3.63) is 17.0 Å². The molecule has 0 saturated carbocycles. The van der Waals surface area contributed by atoms with Crippen molar-refractivity contribution in [2.45, 2.75) is 33.1 Å². The van der Waals surface area contributed by atoms with E-state index in [1.165, 1.54) is 0 Å². The fourth-order valence-electron chi connectivity index (χ4n) is 0.911. The van der Waals surface area contributed by atoms with Crippen LogP contribution in [0.25, 0.3) is 0 Å². The second-order valence-corrected chi connectivity index (χ2v) is 4.30. The summed E-state index contributed by atoms with van der Waals surface area (Å²) < 4.78 is 42.5. The first-order valence-corrected chi connectivity index (χ1v) is 5.36. The third kappa shape index (κ3) is 4.03. The van der Waals surface area contributed by atoms with Crippen molar-refractivity contribution in [1.29, 1.82) is 0 Å². The van der Waals surface area contributed by atoms with Gasteiger partial charge in [-0.3, -0.25) is 0 Å². The molecule has 0 aliphatic carbocycles. The molecule has 1 heterocycles. The van der Waals surface area contributed by atoms with E-state index in [-0.39, 0.29) is 23.1 Å². The number of hydrogen-bond acceptors (Lipinski definition) is 3. The molecule has 96 valence electrons. The van der Waals surface area contributed by atoms with Gasteiger partial charge in [-0.2, -0.15) is 18.2 Å². The zero-order valence-corrected chi connectivity index (χ0v) is 10.3. The van der Waals surface area contributed by atoms with Crippen LogP contribution in [0.2, 0.25) is 5.15 Å². The summed E-state index contributed by atoms with van der Waals surface area (Å²) in [4.78, 5) is 6.39. The monoisotopic (exact) mass is 268 g/mol. The number of alkyl halides is 3. The Kier molecular flexibility index (Phi) is 4.19. The number of aromatic nitrogens is 2. The third-order valence-corrected chi connectivity index (χ3v) is 2.36. The Hall–Kier alpha value is -1.04. The van der Waals surface area contributed by atoms with Gasteiger partial charge in [-0.15, -0.1) is 0 Å². The molecule has 0 aromatic carbocycles. The smallest absolute Gasteiger partial charge is 0.451 e. The number of hydrogen-bond donors (Lipinski definition) is 0. The highest BCUT2D eigenvalue weighted by Crippen LogP contribution is 2.29. The third-order valence-electron chi connectivity index (χ3n) is 2.17. The summed E-state index contributed by atoms with van der Waals surface area (Å²) in [6.45, 7) is 5.52. The van der Waals surface area contributed by atoms with Crippen molar-refractivity contribution in [2.75, 3.05) is 0 Å². The van der Waals surface area contributed by atoms with Crippen LogP contribution in [0, 0.1) is 5.92 Å². The van der Waals surface area contributed by atoms with Crippen LogP contribution in [-0.4, -0.2) is 16.1 Å². The van der Waals surface area contributed by atoms with Crippen molar-refractivity contribution in [3.8, 4) is 5.88 Å². The quantitative estimate of drug-likeness (QED) is 0.786. The Bertz CT molecular complexity index is 396. The van der Waals surface area contributed by atoms with Gasteiger partial charge < -0.3 is 4.74 Å². The van der Waals surface area contributed by atoms with E-state index in [1.807, 2.05) is 13.8 Å². The molecule has 0 spiro atoms. The van der Waals surface area contributed by atoms with Crippen molar-refractivity contribution in [2.24, 2.45) is 5.92 Å². The van der Waals surface area contributed by atoms with E-state index < -0.39 is 12.0 Å². The maximum Gasteiger partial charge on any atom is 0.451 e. The van der Waals surface area contributed by atoms with E-state index in [0.717, 1.165) is 6.07 Å². The Morgan fingerprint density at radius 2 is 1.82 bits per heavy atom. The number of ether oxygens (including phenoxy) is 1. The van der Waals surface area contributed by atoms with Gasteiger partial charge in [0.25, 0.3) is 0 Å². The summed E-state index contributed by atoms with van der Waals surface area (Å²) >= 11 is 5.49. The van der Waals surface area contributed by atoms with Gasteiger partial charge >= 0.3 is 6.18 Å². The minimum absolute atomic E-state index is 0.151. The van der Waals surface area contributed by atoms with Gasteiger partial charge in [0.15, 0.2) is 0 Å². The predicted octanol–water partition coefficient (Wildman–Crippen LogP) is 3.57. The highest BCUT2D eigenvalue weighted by atomic mass is 35.5. The number of halogens is 4. The fourth-order valence-corrected chi connectivity index (χ4v) is 1.08. The van der Waals surface area contributed by atoms with Crippen molar-refractivity contribution < 1.29 is 17.9 Å². The first kappa shape index (κ1) is 14.0. The lowest BCUT2D eigenvalue weighted by Gasteiger charge is -2.17. The standard InChI is InChI=1S/C10H12ClF3N2O/c1-5(2)6(3)17-8-4-7(11)15-9(16-8)10(12,13)14/h4-6H,1-3H3. The topological polar surface area (TPSA) is 35.0 Å². The van der Waals surface area contributed by atoms with Crippen molar-refractivity contribution in [1.82, 2.24) is 9.97 Å². The summed E-state index contributed by atoms with van der Waals surface area (Å²) in [5, 5.41) is -0.293. The second-order valence-electron chi connectivity index (χ2n) is 3.92. The summed E-state index contributed by atoms with van der Waals surface area (Å²) in [6.07, 6.45) is -4.90. The van der Waals surface area contributed by atoms with Gasteiger partial charge in [0.2, 0.25) is 11.7 Å². The van der Waals surface area contributed by atoms with Gasteiger partial charge in [-0.05, 0) is 12.8 Å². The van der Waals surface area contributed by atoms with Crippen LogP contribution in [0.3, 0.4) is 0 Å². The molecule has 0 aliphatic rings. The molecule has 0 amide bonds. The van der Waals surface area contributed by atoms with Gasteiger partial charge in [0, 0.05) is 6.07 Å². The molecule has 7 heteroatoms. The normalized spacial score (nSPS) is 13.9. The summed E-state index contributed by atoms with van der Waals surface area (Å²) in [6, 6.07) is 1.16. The Morgan fingerprint density at radius 3 is 2.29 bits per heavy atom. The predicted molar refractivity (Wildman–Crippen MR) is 57.0 cm³/mol. The molecular formula is C10H12ClF3N2O. The first-order valence-electron chi connectivity index (χ1n) is 4.98. The number of nitrogens with zero attached hydrogens (tertiary/aromatic N) is 2. The van der Waals surface area contributed by atoms with Crippen LogP contribution in [0.1, 0.15) is 26.6 Å². The van der Waals surface area contributed by atoms with E-state index in [4.69, 9.17) is 16.3 Å².